The van der Waals surface area contributed by atoms with Crippen molar-refractivity contribution in [1.82, 2.24) is 4.98 Å². The van der Waals surface area contributed by atoms with Crippen molar-refractivity contribution in [3.63, 3.8) is 0 Å². The Kier molecular flexibility index (Phi) is 3.22. The maximum atomic E-state index is 6.24. The van der Waals surface area contributed by atoms with E-state index in [9.17, 15) is 0 Å². The van der Waals surface area contributed by atoms with Crippen molar-refractivity contribution in [2.24, 2.45) is 0 Å². The van der Waals surface area contributed by atoms with Gasteiger partial charge in [0.1, 0.15) is 5.15 Å². The normalized spacial score (nSPS) is 21.4. The third-order valence-corrected chi connectivity index (χ3v) is 3.34. The maximum Gasteiger partial charge on any atom is 0.133 e. The lowest BCUT2D eigenvalue weighted by molar-refractivity contribution is 0.193. The molecule has 2 heterocycles. The molecule has 16 heavy (non-hydrogen) atoms. The highest BCUT2D eigenvalue weighted by molar-refractivity contribution is 6.30. The largest absolute Gasteiger partial charge is 0.381 e. The highest BCUT2D eigenvalue weighted by atomic mass is 35.5. The molecule has 0 aliphatic carbocycles. The van der Waals surface area contributed by atoms with Crippen molar-refractivity contribution in [3.8, 4) is 0 Å². The minimum atomic E-state index is 0.0310. The standard InChI is InChI=1S/C13H18ClNO/c1-13(2,3)11-10(4-6-15-12(11)14)9-5-7-16-8-9/h4,6,9H,5,7-8H2,1-3H3. The molecule has 0 radical (unpaired) electrons. The Bertz CT molecular complexity index is 378. The second kappa shape index (κ2) is 4.34. The number of nitrogens with zero attached hydrogens (tertiary/aromatic N) is 1. The average molecular weight is 240 g/mol. The molecule has 1 aliphatic heterocycles. The molecule has 1 saturated heterocycles. The molecule has 1 aliphatic rings. The number of ether oxygens (including phenoxy) is 1. The van der Waals surface area contributed by atoms with Crippen LogP contribution in [0, 0.1) is 0 Å². The van der Waals surface area contributed by atoms with Gasteiger partial charge in [-0.25, -0.2) is 4.98 Å². The fraction of sp³-hybridized carbons (Fsp3) is 0.615. The quantitative estimate of drug-likeness (QED) is 0.700. The molecular weight excluding hydrogens is 222 g/mol. The molecule has 88 valence electrons. The van der Waals surface area contributed by atoms with Gasteiger partial charge in [-0.15, -0.1) is 0 Å². The number of halogens is 1. The summed E-state index contributed by atoms with van der Waals surface area (Å²) in [6.07, 6.45) is 2.88. The molecule has 3 heteroatoms. The zero-order valence-electron chi connectivity index (χ0n) is 10.1. The van der Waals surface area contributed by atoms with Gasteiger partial charge in [0.2, 0.25) is 0 Å². The Morgan fingerprint density at radius 1 is 1.44 bits per heavy atom. The summed E-state index contributed by atoms with van der Waals surface area (Å²) in [5.74, 6) is 0.481. The van der Waals surface area contributed by atoms with Crippen LogP contribution in [0.3, 0.4) is 0 Å². The fourth-order valence-electron chi connectivity index (χ4n) is 2.31. The summed E-state index contributed by atoms with van der Waals surface area (Å²) in [4.78, 5) is 4.20. The van der Waals surface area contributed by atoms with Crippen LogP contribution in [0.15, 0.2) is 12.3 Å². The van der Waals surface area contributed by atoms with Crippen molar-refractivity contribution in [2.45, 2.75) is 38.5 Å². The van der Waals surface area contributed by atoms with Crippen LogP contribution in [0.5, 0.6) is 0 Å². The van der Waals surface area contributed by atoms with Crippen LogP contribution in [0.4, 0.5) is 0 Å². The van der Waals surface area contributed by atoms with Gasteiger partial charge in [0.25, 0.3) is 0 Å². The maximum absolute atomic E-state index is 6.24. The Hall–Kier alpha value is -0.600. The number of hydrogen-bond donors (Lipinski definition) is 0. The SMILES string of the molecule is CC(C)(C)c1c(C2CCOC2)ccnc1Cl. The van der Waals surface area contributed by atoms with Crippen LogP contribution >= 0.6 is 11.6 Å². The number of aromatic nitrogens is 1. The van der Waals surface area contributed by atoms with Crippen LogP contribution in [-0.2, 0) is 10.2 Å². The van der Waals surface area contributed by atoms with E-state index < -0.39 is 0 Å². The van der Waals surface area contributed by atoms with Crippen molar-refractivity contribution in [1.29, 1.82) is 0 Å². The molecule has 0 saturated carbocycles. The van der Waals surface area contributed by atoms with Gasteiger partial charge in [-0.3, -0.25) is 0 Å². The van der Waals surface area contributed by atoms with E-state index in [1.165, 1.54) is 11.1 Å². The predicted octanol–water partition coefficient (Wildman–Crippen LogP) is 3.54. The van der Waals surface area contributed by atoms with Gasteiger partial charge in [-0.1, -0.05) is 32.4 Å². The molecule has 0 aromatic carbocycles. The Morgan fingerprint density at radius 2 is 2.19 bits per heavy atom. The Balaban J connectivity index is 2.47. The fourth-order valence-corrected chi connectivity index (χ4v) is 2.76. The van der Waals surface area contributed by atoms with Gasteiger partial charge >= 0.3 is 0 Å². The van der Waals surface area contributed by atoms with E-state index in [0.717, 1.165) is 19.6 Å². The van der Waals surface area contributed by atoms with Gasteiger partial charge in [0, 0.05) is 18.7 Å². The molecule has 2 rings (SSSR count). The summed E-state index contributed by atoms with van der Waals surface area (Å²) in [7, 11) is 0. The molecule has 0 spiro atoms. The first-order chi connectivity index (χ1) is 7.50. The minimum Gasteiger partial charge on any atom is -0.381 e. The smallest absolute Gasteiger partial charge is 0.133 e. The van der Waals surface area contributed by atoms with Gasteiger partial charge in [0.05, 0.1) is 6.61 Å². The van der Waals surface area contributed by atoms with Gasteiger partial charge in [-0.05, 0) is 29.0 Å². The first-order valence-corrected chi connectivity index (χ1v) is 6.10. The topological polar surface area (TPSA) is 22.1 Å². The lowest BCUT2D eigenvalue weighted by atomic mass is 9.81. The van der Waals surface area contributed by atoms with E-state index in [0.29, 0.717) is 11.1 Å². The molecule has 0 bridgehead atoms. The minimum absolute atomic E-state index is 0.0310. The summed E-state index contributed by atoms with van der Waals surface area (Å²) in [5.41, 5.74) is 2.51. The number of hydrogen-bond acceptors (Lipinski definition) is 2. The van der Waals surface area contributed by atoms with Crippen molar-refractivity contribution < 1.29 is 4.74 Å². The Morgan fingerprint density at radius 3 is 2.75 bits per heavy atom. The molecule has 1 unspecified atom stereocenters. The highest BCUT2D eigenvalue weighted by Gasteiger charge is 2.28. The summed E-state index contributed by atoms with van der Waals surface area (Å²) in [6, 6.07) is 2.09. The van der Waals surface area contributed by atoms with Crippen LogP contribution in [0.25, 0.3) is 0 Å². The van der Waals surface area contributed by atoms with E-state index in [4.69, 9.17) is 16.3 Å². The second-order valence-corrected chi connectivity index (χ2v) is 5.73. The lowest BCUT2D eigenvalue weighted by Crippen LogP contribution is -2.17. The third-order valence-electron chi connectivity index (χ3n) is 3.06. The molecule has 1 aromatic rings. The van der Waals surface area contributed by atoms with Crippen LogP contribution in [0.2, 0.25) is 5.15 Å². The molecule has 0 N–H and O–H groups in total. The summed E-state index contributed by atoms with van der Waals surface area (Å²) in [5, 5.41) is 0.636. The zero-order valence-corrected chi connectivity index (χ0v) is 10.8. The monoisotopic (exact) mass is 239 g/mol. The van der Waals surface area contributed by atoms with E-state index in [1.54, 1.807) is 6.20 Å². The second-order valence-electron chi connectivity index (χ2n) is 5.38. The number of pyridine rings is 1. The first-order valence-electron chi connectivity index (χ1n) is 5.73. The summed E-state index contributed by atoms with van der Waals surface area (Å²) < 4.78 is 5.46. The van der Waals surface area contributed by atoms with E-state index >= 15 is 0 Å². The average Bonchev–Trinajstić information content (AvgIpc) is 2.67. The molecule has 1 fully saturated rings. The van der Waals surface area contributed by atoms with E-state index in [2.05, 4.69) is 31.8 Å². The van der Waals surface area contributed by atoms with Gasteiger partial charge in [-0.2, -0.15) is 0 Å². The highest BCUT2D eigenvalue weighted by Crippen LogP contribution is 2.37. The van der Waals surface area contributed by atoms with E-state index in [1.807, 2.05) is 0 Å². The predicted molar refractivity (Wildman–Crippen MR) is 66.1 cm³/mol. The lowest BCUT2D eigenvalue weighted by Gasteiger charge is -2.25. The van der Waals surface area contributed by atoms with Crippen LogP contribution in [-0.4, -0.2) is 18.2 Å². The molecule has 1 atom stereocenters. The number of rotatable bonds is 1. The van der Waals surface area contributed by atoms with Crippen LogP contribution in [0.1, 0.15) is 44.2 Å². The van der Waals surface area contributed by atoms with E-state index in [-0.39, 0.29) is 5.41 Å². The zero-order chi connectivity index (χ0) is 11.8. The van der Waals surface area contributed by atoms with Crippen molar-refractivity contribution in [2.75, 3.05) is 13.2 Å². The Labute approximate surface area is 102 Å². The van der Waals surface area contributed by atoms with Crippen molar-refractivity contribution in [3.05, 3.63) is 28.5 Å². The summed E-state index contributed by atoms with van der Waals surface area (Å²) in [6.45, 7) is 8.19. The first kappa shape index (κ1) is 11.9. The van der Waals surface area contributed by atoms with Crippen molar-refractivity contribution >= 4 is 11.6 Å². The molecule has 1 aromatic heterocycles. The molecular formula is C13H18ClNO. The van der Waals surface area contributed by atoms with Crippen LogP contribution < -0.4 is 0 Å². The molecule has 0 amide bonds. The van der Waals surface area contributed by atoms with Gasteiger partial charge < -0.3 is 4.74 Å². The van der Waals surface area contributed by atoms with Gasteiger partial charge in [0.15, 0.2) is 0 Å². The third kappa shape index (κ3) is 2.23. The molecule has 2 nitrogen and oxygen atoms in total. The summed E-state index contributed by atoms with van der Waals surface area (Å²) >= 11 is 6.24.